The normalized spacial score (nSPS) is 13.5. The van der Waals surface area contributed by atoms with Crippen LogP contribution >= 0.6 is 0 Å². The van der Waals surface area contributed by atoms with E-state index in [0.717, 1.165) is 40.9 Å². The predicted octanol–water partition coefficient (Wildman–Crippen LogP) is 4.00. The first-order valence-corrected chi connectivity index (χ1v) is 10.0. The molecule has 29 heavy (non-hydrogen) atoms. The predicted molar refractivity (Wildman–Crippen MR) is 113 cm³/mol. The van der Waals surface area contributed by atoms with Gasteiger partial charge < -0.3 is 10.6 Å². The third-order valence-electron chi connectivity index (χ3n) is 5.00. The molecular weight excluding hydrogens is 364 g/mol. The van der Waals surface area contributed by atoms with E-state index in [4.69, 9.17) is 0 Å². The number of anilines is 2. The summed E-state index contributed by atoms with van der Waals surface area (Å²) in [5.41, 5.74) is 4.81. The Hall–Kier alpha value is -3.22. The average molecular weight is 390 g/mol. The maximum absolute atomic E-state index is 11.8. The maximum Gasteiger partial charge on any atom is 0.227 e. The van der Waals surface area contributed by atoms with Gasteiger partial charge in [0, 0.05) is 42.1 Å². The molecule has 0 bridgehead atoms. The minimum absolute atomic E-state index is 0.161. The van der Waals surface area contributed by atoms with Gasteiger partial charge in [-0.15, -0.1) is 0 Å². The Morgan fingerprint density at radius 3 is 2.62 bits per heavy atom. The summed E-state index contributed by atoms with van der Waals surface area (Å²) in [5.74, 6) is 0.933. The summed E-state index contributed by atoms with van der Waals surface area (Å²) in [6.07, 6.45) is 7.70. The summed E-state index contributed by atoms with van der Waals surface area (Å²) in [5, 5.41) is 10.6. The topological polar surface area (TPSA) is 84.7 Å². The fraction of sp³-hybridized carbons (Fsp3) is 0.364. The van der Waals surface area contributed by atoms with Crippen molar-refractivity contribution in [1.29, 1.82) is 0 Å². The molecule has 2 heterocycles. The van der Waals surface area contributed by atoms with E-state index in [1.807, 2.05) is 54.5 Å². The van der Waals surface area contributed by atoms with Crippen molar-refractivity contribution >= 4 is 17.5 Å². The molecule has 1 aliphatic carbocycles. The molecule has 0 saturated heterocycles. The standard InChI is InChI=1S/C22H26N6O/c1-14(2)28-13-18(12-25-28)20-15(3)10-24-22(27-20)26-19-8-4-16(5-9-19)11-23-21(29)17-6-7-17/h4-5,8-10,12-14,17H,6-7,11H2,1-3H3,(H,23,29)(H,24,26,27). The van der Waals surface area contributed by atoms with E-state index in [0.29, 0.717) is 18.5 Å². The SMILES string of the molecule is Cc1cnc(Nc2ccc(CNC(=O)C3CC3)cc2)nc1-c1cnn(C(C)C)c1. The van der Waals surface area contributed by atoms with Crippen molar-refractivity contribution in [3.8, 4) is 11.3 Å². The Labute approximate surface area is 170 Å². The molecule has 0 aliphatic heterocycles. The van der Waals surface area contributed by atoms with Crippen LogP contribution in [-0.4, -0.2) is 25.7 Å². The van der Waals surface area contributed by atoms with E-state index in [9.17, 15) is 4.79 Å². The molecule has 2 aromatic heterocycles. The molecule has 1 saturated carbocycles. The van der Waals surface area contributed by atoms with Crippen molar-refractivity contribution in [2.75, 3.05) is 5.32 Å². The number of nitrogens with zero attached hydrogens (tertiary/aromatic N) is 4. The third-order valence-corrected chi connectivity index (χ3v) is 5.00. The monoisotopic (exact) mass is 390 g/mol. The van der Waals surface area contributed by atoms with Crippen LogP contribution in [0.5, 0.6) is 0 Å². The molecule has 150 valence electrons. The van der Waals surface area contributed by atoms with Crippen molar-refractivity contribution in [2.45, 2.75) is 46.2 Å². The summed E-state index contributed by atoms with van der Waals surface area (Å²) in [6.45, 7) is 6.74. The fourth-order valence-electron chi connectivity index (χ4n) is 3.05. The first-order chi connectivity index (χ1) is 14.0. The van der Waals surface area contributed by atoms with E-state index in [2.05, 4.69) is 39.5 Å². The minimum Gasteiger partial charge on any atom is -0.352 e. The molecular formula is C22H26N6O. The molecule has 2 N–H and O–H groups in total. The highest BCUT2D eigenvalue weighted by molar-refractivity contribution is 5.80. The number of nitrogens with one attached hydrogen (secondary N) is 2. The number of aryl methyl sites for hydroxylation is 1. The second-order valence-electron chi connectivity index (χ2n) is 7.84. The number of hydrogen-bond donors (Lipinski definition) is 2. The zero-order valence-corrected chi connectivity index (χ0v) is 17.0. The molecule has 0 atom stereocenters. The summed E-state index contributed by atoms with van der Waals surface area (Å²) >= 11 is 0. The van der Waals surface area contributed by atoms with Gasteiger partial charge in [-0.1, -0.05) is 12.1 Å². The molecule has 1 aliphatic rings. The molecule has 0 spiro atoms. The second kappa shape index (κ2) is 8.03. The lowest BCUT2D eigenvalue weighted by Crippen LogP contribution is -2.24. The van der Waals surface area contributed by atoms with Crippen molar-refractivity contribution in [2.24, 2.45) is 5.92 Å². The number of benzene rings is 1. The van der Waals surface area contributed by atoms with Gasteiger partial charge in [-0.05, 0) is 56.9 Å². The highest BCUT2D eigenvalue weighted by Gasteiger charge is 2.29. The molecule has 0 radical (unpaired) electrons. The molecule has 3 aromatic rings. The Kier molecular flexibility index (Phi) is 5.29. The zero-order chi connectivity index (χ0) is 20.4. The van der Waals surface area contributed by atoms with Crippen LogP contribution < -0.4 is 10.6 Å². The highest BCUT2D eigenvalue weighted by Crippen LogP contribution is 2.29. The van der Waals surface area contributed by atoms with Crippen LogP contribution in [0.25, 0.3) is 11.3 Å². The summed E-state index contributed by atoms with van der Waals surface area (Å²) in [7, 11) is 0. The van der Waals surface area contributed by atoms with E-state index in [1.54, 1.807) is 0 Å². The van der Waals surface area contributed by atoms with Gasteiger partial charge in [0.1, 0.15) is 0 Å². The van der Waals surface area contributed by atoms with Gasteiger partial charge in [0.15, 0.2) is 0 Å². The quantitative estimate of drug-likeness (QED) is 0.637. The van der Waals surface area contributed by atoms with Crippen molar-refractivity contribution in [3.63, 3.8) is 0 Å². The van der Waals surface area contributed by atoms with Gasteiger partial charge in [0.25, 0.3) is 0 Å². The van der Waals surface area contributed by atoms with Crippen LogP contribution in [0.3, 0.4) is 0 Å². The van der Waals surface area contributed by atoms with Crippen LogP contribution in [0.15, 0.2) is 42.9 Å². The van der Waals surface area contributed by atoms with Gasteiger partial charge in [0.2, 0.25) is 11.9 Å². The molecule has 1 fully saturated rings. The lowest BCUT2D eigenvalue weighted by atomic mass is 10.1. The van der Waals surface area contributed by atoms with E-state index in [1.165, 1.54) is 0 Å². The number of amides is 1. The van der Waals surface area contributed by atoms with Gasteiger partial charge in [-0.3, -0.25) is 9.48 Å². The van der Waals surface area contributed by atoms with Crippen LogP contribution in [0.2, 0.25) is 0 Å². The van der Waals surface area contributed by atoms with E-state index < -0.39 is 0 Å². The van der Waals surface area contributed by atoms with Crippen molar-refractivity contribution in [1.82, 2.24) is 25.1 Å². The van der Waals surface area contributed by atoms with Crippen molar-refractivity contribution < 1.29 is 4.79 Å². The first kappa shape index (κ1) is 19.1. The first-order valence-electron chi connectivity index (χ1n) is 10.0. The largest absolute Gasteiger partial charge is 0.352 e. The van der Waals surface area contributed by atoms with Gasteiger partial charge in [-0.25, -0.2) is 9.97 Å². The lowest BCUT2D eigenvalue weighted by Gasteiger charge is -2.09. The number of carbonyl (C=O) groups is 1. The zero-order valence-electron chi connectivity index (χ0n) is 17.0. The third kappa shape index (κ3) is 4.62. The second-order valence-corrected chi connectivity index (χ2v) is 7.84. The Morgan fingerprint density at radius 1 is 1.21 bits per heavy atom. The Balaban J connectivity index is 1.44. The lowest BCUT2D eigenvalue weighted by molar-refractivity contribution is -0.122. The number of hydrogen-bond acceptors (Lipinski definition) is 5. The van der Waals surface area contributed by atoms with Crippen LogP contribution in [0, 0.1) is 12.8 Å². The smallest absolute Gasteiger partial charge is 0.227 e. The molecule has 4 rings (SSSR count). The summed E-state index contributed by atoms with van der Waals surface area (Å²) in [4.78, 5) is 20.8. The van der Waals surface area contributed by atoms with Gasteiger partial charge in [-0.2, -0.15) is 5.10 Å². The van der Waals surface area contributed by atoms with E-state index in [-0.39, 0.29) is 11.8 Å². The molecule has 7 nitrogen and oxygen atoms in total. The number of rotatable bonds is 7. The van der Waals surface area contributed by atoms with E-state index >= 15 is 0 Å². The number of aromatic nitrogens is 4. The summed E-state index contributed by atoms with van der Waals surface area (Å²) in [6, 6.07) is 8.24. The van der Waals surface area contributed by atoms with Crippen molar-refractivity contribution in [3.05, 3.63) is 54.0 Å². The van der Waals surface area contributed by atoms with Gasteiger partial charge in [0.05, 0.1) is 11.9 Å². The molecule has 7 heteroatoms. The molecule has 1 amide bonds. The molecule has 1 aromatic carbocycles. The minimum atomic E-state index is 0.161. The van der Waals surface area contributed by atoms with Crippen LogP contribution in [0.4, 0.5) is 11.6 Å². The molecule has 0 unspecified atom stereocenters. The summed E-state index contributed by atoms with van der Waals surface area (Å²) < 4.78 is 1.92. The highest BCUT2D eigenvalue weighted by atomic mass is 16.2. The fourth-order valence-corrected chi connectivity index (χ4v) is 3.05. The number of carbonyl (C=O) groups excluding carboxylic acids is 1. The average Bonchev–Trinajstić information content (AvgIpc) is 3.45. The Bertz CT molecular complexity index is 1000. The van der Waals surface area contributed by atoms with Crippen LogP contribution in [-0.2, 0) is 11.3 Å². The van der Waals surface area contributed by atoms with Crippen LogP contribution in [0.1, 0.15) is 43.9 Å². The van der Waals surface area contributed by atoms with Gasteiger partial charge >= 0.3 is 0 Å². The Morgan fingerprint density at radius 2 is 1.97 bits per heavy atom. The maximum atomic E-state index is 11.8.